The van der Waals surface area contributed by atoms with E-state index < -0.39 is 0 Å². The molecule has 0 fully saturated rings. The van der Waals surface area contributed by atoms with E-state index in [-0.39, 0.29) is 11.9 Å². The predicted octanol–water partition coefficient (Wildman–Crippen LogP) is 4.22. The van der Waals surface area contributed by atoms with Gasteiger partial charge in [0.05, 0.1) is 12.6 Å². The molecule has 0 spiro atoms. The lowest BCUT2D eigenvalue weighted by Crippen LogP contribution is -2.23. The molecule has 110 valence electrons. The molecular formula is C17H17BrFNO. The van der Waals surface area contributed by atoms with Gasteiger partial charge in [-0.05, 0) is 30.3 Å². The second-order valence-corrected chi connectivity index (χ2v) is 6.01. The highest BCUT2D eigenvalue weighted by atomic mass is 79.9. The van der Waals surface area contributed by atoms with Crippen LogP contribution in [0, 0.1) is 5.82 Å². The zero-order valence-electron chi connectivity index (χ0n) is 11.8. The summed E-state index contributed by atoms with van der Waals surface area (Å²) in [7, 11) is 0. The fraction of sp³-hybridized carbons (Fsp3) is 0.294. The van der Waals surface area contributed by atoms with Crippen molar-refractivity contribution in [1.29, 1.82) is 0 Å². The third-order valence-corrected chi connectivity index (χ3v) is 4.17. The second-order valence-electron chi connectivity index (χ2n) is 5.09. The lowest BCUT2D eigenvalue weighted by atomic mass is 9.95. The smallest absolute Gasteiger partial charge is 0.128 e. The number of ether oxygens (including phenoxy) is 1. The predicted molar refractivity (Wildman–Crippen MR) is 85.3 cm³/mol. The molecule has 1 aliphatic rings. The topological polar surface area (TPSA) is 21.3 Å². The van der Waals surface area contributed by atoms with Gasteiger partial charge in [-0.25, -0.2) is 4.39 Å². The summed E-state index contributed by atoms with van der Waals surface area (Å²) in [5.74, 6) is 0.697. The number of hydrogen-bond donors (Lipinski definition) is 1. The van der Waals surface area contributed by atoms with E-state index in [4.69, 9.17) is 4.74 Å². The molecule has 2 aromatic rings. The Bertz CT molecular complexity index is 659. The van der Waals surface area contributed by atoms with Gasteiger partial charge in [0.2, 0.25) is 0 Å². The standard InChI is InChI=1S/C17H17BrFNO/c1-2-20-16(13-5-3-4-6-15(13)19)14-10-12(18)9-11-7-8-21-17(11)14/h3-6,9-10,16,20H,2,7-8H2,1H3. The minimum Gasteiger partial charge on any atom is -0.493 e. The van der Waals surface area contributed by atoms with Gasteiger partial charge in [0.15, 0.2) is 0 Å². The Hall–Kier alpha value is -1.39. The van der Waals surface area contributed by atoms with E-state index >= 15 is 0 Å². The number of rotatable bonds is 4. The quantitative estimate of drug-likeness (QED) is 0.891. The average molecular weight is 350 g/mol. The molecule has 3 rings (SSSR count). The molecule has 1 heterocycles. The Labute approximate surface area is 132 Å². The van der Waals surface area contributed by atoms with Crippen LogP contribution in [0.3, 0.4) is 0 Å². The Morgan fingerprint density at radius 3 is 2.86 bits per heavy atom. The fourth-order valence-corrected chi connectivity index (χ4v) is 3.34. The van der Waals surface area contributed by atoms with E-state index in [1.165, 1.54) is 11.6 Å². The third kappa shape index (κ3) is 2.83. The maximum atomic E-state index is 14.2. The molecule has 2 nitrogen and oxygen atoms in total. The highest BCUT2D eigenvalue weighted by Gasteiger charge is 2.25. The lowest BCUT2D eigenvalue weighted by Gasteiger charge is -2.22. The van der Waals surface area contributed by atoms with Crippen LogP contribution in [-0.4, -0.2) is 13.2 Å². The zero-order valence-corrected chi connectivity index (χ0v) is 13.4. The molecule has 1 atom stereocenters. The van der Waals surface area contributed by atoms with Crippen molar-refractivity contribution in [3.8, 4) is 5.75 Å². The lowest BCUT2D eigenvalue weighted by molar-refractivity contribution is 0.350. The monoisotopic (exact) mass is 349 g/mol. The van der Waals surface area contributed by atoms with Gasteiger partial charge in [0.1, 0.15) is 11.6 Å². The van der Waals surface area contributed by atoms with Crippen LogP contribution in [0.2, 0.25) is 0 Å². The van der Waals surface area contributed by atoms with E-state index in [1.807, 2.05) is 25.1 Å². The van der Waals surface area contributed by atoms with Crippen LogP contribution in [-0.2, 0) is 6.42 Å². The summed E-state index contributed by atoms with van der Waals surface area (Å²) in [4.78, 5) is 0. The van der Waals surface area contributed by atoms with Crippen molar-refractivity contribution in [3.63, 3.8) is 0 Å². The molecule has 0 radical (unpaired) electrons. The normalized spacial score (nSPS) is 14.6. The molecule has 0 bridgehead atoms. The Kier molecular flexibility index (Phi) is 4.27. The van der Waals surface area contributed by atoms with Gasteiger partial charge >= 0.3 is 0 Å². The first kappa shape index (κ1) is 14.5. The number of hydrogen-bond acceptors (Lipinski definition) is 2. The van der Waals surface area contributed by atoms with Gasteiger partial charge in [-0.2, -0.15) is 0 Å². The SMILES string of the molecule is CCNC(c1ccccc1F)c1cc(Br)cc2c1OCC2. The first-order chi connectivity index (χ1) is 10.2. The maximum absolute atomic E-state index is 14.2. The van der Waals surface area contributed by atoms with Crippen LogP contribution < -0.4 is 10.1 Å². The molecule has 1 unspecified atom stereocenters. The summed E-state index contributed by atoms with van der Waals surface area (Å²) in [5, 5.41) is 3.37. The fourth-order valence-electron chi connectivity index (χ4n) is 2.81. The highest BCUT2D eigenvalue weighted by Crippen LogP contribution is 2.39. The van der Waals surface area contributed by atoms with Gasteiger partial charge in [-0.1, -0.05) is 41.1 Å². The average Bonchev–Trinajstić information content (AvgIpc) is 2.93. The van der Waals surface area contributed by atoms with E-state index in [9.17, 15) is 4.39 Å². The molecule has 1 aliphatic heterocycles. The third-order valence-electron chi connectivity index (χ3n) is 3.71. The van der Waals surface area contributed by atoms with Crippen molar-refractivity contribution >= 4 is 15.9 Å². The van der Waals surface area contributed by atoms with Gasteiger partial charge in [0.25, 0.3) is 0 Å². The molecular weight excluding hydrogens is 333 g/mol. The Balaban J connectivity index is 2.13. The summed E-state index contributed by atoms with van der Waals surface area (Å²) in [6, 6.07) is 10.8. The van der Waals surface area contributed by atoms with Gasteiger partial charge in [-0.15, -0.1) is 0 Å². The summed E-state index contributed by atoms with van der Waals surface area (Å²) in [6.07, 6.45) is 0.901. The molecule has 21 heavy (non-hydrogen) atoms. The summed E-state index contributed by atoms with van der Waals surface area (Å²) >= 11 is 3.55. The molecule has 0 aliphatic carbocycles. The summed E-state index contributed by atoms with van der Waals surface area (Å²) in [5.41, 5.74) is 2.82. The number of benzene rings is 2. The zero-order chi connectivity index (χ0) is 14.8. The van der Waals surface area contributed by atoms with E-state index in [0.29, 0.717) is 12.2 Å². The van der Waals surface area contributed by atoms with Crippen molar-refractivity contribution in [2.24, 2.45) is 0 Å². The van der Waals surface area contributed by atoms with Crippen molar-refractivity contribution < 1.29 is 9.13 Å². The van der Waals surface area contributed by atoms with Crippen LogP contribution >= 0.6 is 15.9 Å². The largest absolute Gasteiger partial charge is 0.493 e. The first-order valence-corrected chi connectivity index (χ1v) is 7.93. The molecule has 4 heteroatoms. The van der Waals surface area contributed by atoms with Crippen LogP contribution in [0.4, 0.5) is 4.39 Å². The number of halogens is 2. The minimum absolute atomic E-state index is 0.199. The van der Waals surface area contributed by atoms with Crippen molar-refractivity contribution in [2.45, 2.75) is 19.4 Å². The van der Waals surface area contributed by atoms with Crippen LogP contribution in [0.5, 0.6) is 5.75 Å². The number of fused-ring (bicyclic) bond motifs is 1. The summed E-state index contributed by atoms with van der Waals surface area (Å²) in [6.45, 7) is 3.46. The molecule has 2 aromatic carbocycles. The maximum Gasteiger partial charge on any atom is 0.128 e. The second kappa shape index (κ2) is 6.16. The number of nitrogens with one attached hydrogen (secondary N) is 1. The van der Waals surface area contributed by atoms with E-state index in [2.05, 4.69) is 27.3 Å². The Morgan fingerprint density at radius 1 is 1.29 bits per heavy atom. The van der Waals surface area contributed by atoms with Crippen LogP contribution in [0.1, 0.15) is 29.7 Å². The molecule has 0 saturated carbocycles. The van der Waals surface area contributed by atoms with E-state index in [1.54, 1.807) is 6.07 Å². The summed E-state index contributed by atoms with van der Waals surface area (Å²) < 4.78 is 21.0. The van der Waals surface area contributed by atoms with E-state index in [0.717, 1.165) is 28.8 Å². The Morgan fingerprint density at radius 2 is 2.10 bits per heavy atom. The van der Waals surface area contributed by atoms with Crippen molar-refractivity contribution in [3.05, 3.63) is 63.4 Å². The molecule has 1 N–H and O–H groups in total. The molecule has 0 amide bonds. The highest BCUT2D eigenvalue weighted by molar-refractivity contribution is 9.10. The minimum atomic E-state index is -0.208. The van der Waals surface area contributed by atoms with Crippen LogP contribution in [0.15, 0.2) is 40.9 Å². The first-order valence-electron chi connectivity index (χ1n) is 7.13. The van der Waals surface area contributed by atoms with Gasteiger partial charge < -0.3 is 10.1 Å². The van der Waals surface area contributed by atoms with Crippen molar-refractivity contribution in [2.75, 3.05) is 13.2 Å². The molecule has 0 aromatic heterocycles. The van der Waals surface area contributed by atoms with Crippen molar-refractivity contribution in [1.82, 2.24) is 5.32 Å². The van der Waals surface area contributed by atoms with Gasteiger partial charge in [0, 0.05) is 22.0 Å². The van der Waals surface area contributed by atoms with Crippen LogP contribution in [0.25, 0.3) is 0 Å². The van der Waals surface area contributed by atoms with Gasteiger partial charge in [-0.3, -0.25) is 0 Å². The molecule has 0 saturated heterocycles.